The number of esters is 1. The van der Waals surface area contributed by atoms with Crippen LogP contribution in [0.3, 0.4) is 0 Å². The molecule has 0 aromatic carbocycles. The van der Waals surface area contributed by atoms with Crippen molar-refractivity contribution in [2.75, 3.05) is 0 Å². The van der Waals surface area contributed by atoms with Crippen molar-refractivity contribution in [2.45, 2.75) is 35.8 Å². The first-order valence-electron chi connectivity index (χ1n) is 3.69. The lowest BCUT2D eigenvalue weighted by Gasteiger charge is -2.25. The second-order valence-electron chi connectivity index (χ2n) is 3.23. The zero-order valence-corrected chi connectivity index (χ0v) is 7.50. The largest absolute Gasteiger partial charge is 0.459 e. The summed E-state index contributed by atoms with van der Waals surface area (Å²) >= 11 is 3.40. The van der Waals surface area contributed by atoms with Gasteiger partial charge in [-0.1, -0.05) is 15.9 Å². The first-order chi connectivity index (χ1) is 5.12. The molecule has 0 unspecified atom stereocenters. The van der Waals surface area contributed by atoms with Gasteiger partial charge in [-0.3, -0.25) is 0 Å². The molecule has 11 heavy (non-hydrogen) atoms. The molecular formula is C7H9BrO3. The van der Waals surface area contributed by atoms with Crippen molar-refractivity contribution < 1.29 is 14.6 Å². The Balaban J connectivity index is 2.24. The van der Waals surface area contributed by atoms with Gasteiger partial charge in [0.1, 0.15) is 6.10 Å². The van der Waals surface area contributed by atoms with E-state index in [9.17, 15) is 9.90 Å². The predicted octanol–water partition coefficient (Wildman–Crippen LogP) is 0.590. The minimum absolute atomic E-state index is 0.110. The molecule has 2 rings (SSSR count). The highest BCUT2D eigenvalue weighted by Crippen LogP contribution is 2.40. The Morgan fingerprint density at radius 3 is 3.09 bits per heavy atom. The van der Waals surface area contributed by atoms with E-state index in [1.54, 1.807) is 0 Å². The van der Waals surface area contributed by atoms with Crippen LogP contribution in [-0.2, 0) is 9.53 Å². The third-order valence-electron chi connectivity index (χ3n) is 2.41. The maximum Gasteiger partial charge on any atom is 0.338 e. The summed E-state index contributed by atoms with van der Waals surface area (Å²) in [6.45, 7) is 0. The Morgan fingerprint density at radius 1 is 1.73 bits per heavy atom. The average molecular weight is 221 g/mol. The number of rotatable bonds is 0. The molecule has 0 aromatic rings. The number of halogens is 1. The van der Waals surface area contributed by atoms with Crippen LogP contribution >= 0.6 is 15.9 Å². The second-order valence-corrected chi connectivity index (χ2v) is 4.41. The van der Waals surface area contributed by atoms with E-state index in [0.29, 0.717) is 12.8 Å². The van der Waals surface area contributed by atoms with Gasteiger partial charge in [-0.2, -0.15) is 0 Å². The number of hydrogen-bond acceptors (Lipinski definition) is 3. The minimum atomic E-state index is -1.16. The summed E-state index contributed by atoms with van der Waals surface area (Å²) in [6.07, 6.45) is 1.69. The molecule has 0 amide bonds. The molecule has 1 saturated heterocycles. The molecule has 1 N–H and O–H groups in total. The number of hydrogen-bond donors (Lipinski definition) is 1. The zero-order valence-electron chi connectivity index (χ0n) is 5.92. The summed E-state index contributed by atoms with van der Waals surface area (Å²) in [6, 6.07) is 0. The molecule has 2 fully saturated rings. The third kappa shape index (κ3) is 0.999. The Labute approximate surface area is 72.9 Å². The highest BCUT2D eigenvalue weighted by atomic mass is 79.9. The lowest BCUT2D eigenvalue weighted by molar-refractivity contribution is -0.153. The summed E-state index contributed by atoms with van der Waals surface area (Å²) in [5.74, 6) is -0.440. The Kier molecular flexibility index (Phi) is 1.51. The fourth-order valence-electron chi connectivity index (χ4n) is 1.67. The number of carbonyl (C=O) groups is 1. The molecule has 0 radical (unpaired) electrons. The van der Waals surface area contributed by atoms with E-state index in [1.807, 2.05) is 0 Å². The maximum atomic E-state index is 11.0. The van der Waals surface area contributed by atoms with Crippen molar-refractivity contribution in [1.29, 1.82) is 0 Å². The van der Waals surface area contributed by atoms with Crippen LogP contribution < -0.4 is 0 Å². The van der Waals surface area contributed by atoms with Crippen molar-refractivity contribution in [2.24, 2.45) is 0 Å². The Bertz CT molecular complexity index is 206. The topological polar surface area (TPSA) is 46.5 Å². The number of ether oxygens (including phenoxy) is 1. The fourth-order valence-corrected chi connectivity index (χ4v) is 2.20. The molecule has 4 heteroatoms. The van der Waals surface area contributed by atoms with Crippen molar-refractivity contribution in [3.8, 4) is 0 Å². The van der Waals surface area contributed by atoms with Crippen molar-refractivity contribution in [3.63, 3.8) is 0 Å². The SMILES string of the molecule is O=C1O[C@@H]2C[C@]1(O)CC[C@@H]2Br. The van der Waals surface area contributed by atoms with Gasteiger partial charge in [0.05, 0.1) is 4.83 Å². The van der Waals surface area contributed by atoms with Crippen molar-refractivity contribution >= 4 is 21.9 Å². The van der Waals surface area contributed by atoms with E-state index >= 15 is 0 Å². The molecule has 3 nitrogen and oxygen atoms in total. The first kappa shape index (κ1) is 7.55. The molecule has 2 bridgehead atoms. The number of fused-ring (bicyclic) bond motifs is 2. The van der Waals surface area contributed by atoms with Gasteiger partial charge in [-0.05, 0) is 12.8 Å². The van der Waals surface area contributed by atoms with E-state index in [2.05, 4.69) is 15.9 Å². The zero-order chi connectivity index (χ0) is 8.06. The second kappa shape index (κ2) is 2.20. The lowest BCUT2D eigenvalue weighted by Crippen LogP contribution is -2.38. The molecule has 3 atom stereocenters. The average Bonchev–Trinajstić information content (AvgIpc) is 2.20. The number of aliphatic hydroxyl groups is 1. The molecule has 1 heterocycles. The van der Waals surface area contributed by atoms with Gasteiger partial charge in [-0.15, -0.1) is 0 Å². The van der Waals surface area contributed by atoms with Crippen LogP contribution in [0.15, 0.2) is 0 Å². The van der Waals surface area contributed by atoms with Gasteiger partial charge in [0.15, 0.2) is 5.60 Å². The summed E-state index contributed by atoms with van der Waals surface area (Å²) in [5, 5.41) is 9.61. The molecule has 0 aromatic heterocycles. The van der Waals surface area contributed by atoms with Crippen LogP contribution in [0.5, 0.6) is 0 Å². The molecule has 62 valence electrons. The molecule has 2 aliphatic rings. The van der Waals surface area contributed by atoms with E-state index < -0.39 is 11.6 Å². The van der Waals surface area contributed by atoms with Crippen LogP contribution in [0.1, 0.15) is 19.3 Å². The van der Waals surface area contributed by atoms with Crippen LogP contribution in [0.4, 0.5) is 0 Å². The van der Waals surface area contributed by atoms with Gasteiger partial charge in [0, 0.05) is 6.42 Å². The molecule has 0 spiro atoms. The smallest absolute Gasteiger partial charge is 0.338 e. The summed E-state index contributed by atoms with van der Waals surface area (Å²) in [5.41, 5.74) is -1.16. The monoisotopic (exact) mass is 220 g/mol. The van der Waals surface area contributed by atoms with E-state index in [0.717, 1.165) is 6.42 Å². The predicted molar refractivity (Wildman–Crippen MR) is 41.4 cm³/mol. The van der Waals surface area contributed by atoms with Gasteiger partial charge < -0.3 is 9.84 Å². The molecule has 1 aliphatic carbocycles. The van der Waals surface area contributed by atoms with Gasteiger partial charge in [0.25, 0.3) is 0 Å². The molecule has 1 saturated carbocycles. The van der Waals surface area contributed by atoms with E-state index in [-0.39, 0.29) is 10.9 Å². The van der Waals surface area contributed by atoms with E-state index in [1.165, 1.54) is 0 Å². The van der Waals surface area contributed by atoms with Gasteiger partial charge in [-0.25, -0.2) is 4.79 Å². The number of carbonyl (C=O) groups excluding carboxylic acids is 1. The van der Waals surface area contributed by atoms with E-state index in [4.69, 9.17) is 4.74 Å². The highest BCUT2D eigenvalue weighted by molar-refractivity contribution is 9.09. The quantitative estimate of drug-likeness (QED) is 0.481. The third-order valence-corrected chi connectivity index (χ3v) is 3.46. The lowest BCUT2D eigenvalue weighted by atomic mass is 9.86. The van der Waals surface area contributed by atoms with Crippen molar-refractivity contribution in [3.05, 3.63) is 0 Å². The molecule has 1 aliphatic heterocycles. The van der Waals surface area contributed by atoms with Gasteiger partial charge in [0.2, 0.25) is 0 Å². The normalized spacial score (nSPS) is 49.1. The van der Waals surface area contributed by atoms with Gasteiger partial charge >= 0.3 is 5.97 Å². The number of alkyl halides is 1. The van der Waals surface area contributed by atoms with Crippen LogP contribution in [0, 0.1) is 0 Å². The maximum absolute atomic E-state index is 11.0. The Morgan fingerprint density at radius 2 is 2.45 bits per heavy atom. The van der Waals surface area contributed by atoms with Crippen LogP contribution in [-0.4, -0.2) is 27.6 Å². The minimum Gasteiger partial charge on any atom is -0.459 e. The summed E-state index contributed by atoms with van der Waals surface area (Å²) < 4.78 is 4.96. The summed E-state index contributed by atoms with van der Waals surface area (Å²) in [7, 11) is 0. The van der Waals surface area contributed by atoms with Crippen molar-refractivity contribution in [1.82, 2.24) is 0 Å². The molecular weight excluding hydrogens is 212 g/mol. The first-order valence-corrected chi connectivity index (χ1v) is 4.61. The fraction of sp³-hybridized carbons (Fsp3) is 0.857. The standard InChI is InChI=1S/C7H9BrO3/c8-4-1-2-7(10)3-5(4)11-6(7)9/h4-5,10H,1-3H2/t4-,5+,7+/m0/s1. The summed E-state index contributed by atoms with van der Waals surface area (Å²) in [4.78, 5) is 11.3. The van der Waals surface area contributed by atoms with Crippen LogP contribution in [0.25, 0.3) is 0 Å². The Hall–Kier alpha value is -0.0900. The highest BCUT2D eigenvalue weighted by Gasteiger charge is 2.53. The van der Waals surface area contributed by atoms with Crippen LogP contribution in [0.2, 0.25) is 0 Å².